The lowest BCUT2D eigenvalue weighted by Gasteiger charge is -2.30. The van der Waals surface area contributed by atoms with Gasteiger partial charge in [0.1, 0.15) is 5.60 Å². The summed E-state index contributed by atoms with van der Waals surface area (Å²) >= 11 is 0. The van der Waals surface area contributed by atoms with Gasteiger partial charge in [-0.25, -0.2) is 4.79 Å². The van der Waals surface area contributed by atoms with Crippen LogP contribution >= 0.6 is 0 Å². The van der Waals surface area contributed by atoms with E-state index in [0.29, 0.717) is 5.92 Å². The maximum atomic E-state index is 11.7. The van der Waals surface area contributed by atoms with Crippen molar-refractivity contribution in [1.82, 2.24) is 5.32 Å². The molecule has 0 aromatic rings. The molecule has 17 heavy (non-hydrogen) atoms. The molecule has 4 heteroatoms. The van der Waals surface area contributed by atoms with Crippen LogP contribution in [0.2, 0.25) is 0 Å². The van der Waals surface area contributed by atoms with Crippen LogP contribution in [0.25, 0.3) is 0 Å². The van der Waals surface area contributed by atoms with Crippen molar-refractivity contribution in [2.45, 2.75) is 72.1 Å². The Balaban J connectivity index is 4.41. The van der Waals surface area contributed by atoms with E-state index in [0.717, 1.165) is 6.42 Å². The van der Waals surface area contributed by atoms with E-state index >= 15 is 0 Å². The molecule has 102 valence electrons. The van der Waals surface area contributed by atoms with E-state index < -0.39 is 5.60 Å². The van der Waals surface area contributed by atoms with Gasteiger partial charge in [-0.1, -0.05) is 13.8 Å². The molecule has 0 heterocycles. The molecule has 0 fully saturated rings. The second-order valence-electron chi connectivity index (χ2n) is 6.69. The minimum Gasteiger partial charge on any atom is -0.444 e. The fourth-order valence-corrected chi connectivity index (χ4v) is 1.48. The second kappa shape index (κ2) is 5.71. The number of hydrogen-bond donors (Lipinski definition) is 2. The lowest BCUT2D eigenvalue weighted by molar-refractivity contribution is 0.0481. The van der Waals surface area contributed by atoms with Crippen molar-refractivity contribution in [2.24, 2.45) is 11.7 Å². The van der Waals surface area contributed by atoms with Crippen LogP contribution in [0.3, 0.4) is 0 Å². The summed E-state index contributed by atoms with van der Waals surface area (Å²) in [4.78, 5) is 11.7. The van der Waals surface area contributed by atoms with Crippen molar-refractivity contribution in [1.29, 1.82) is 0 Å². The van der Waals surface area contributed by atoms with E-state index in [9.17, 15) is 4.79 Å². The van der Waals surface area contributed by atoms with Crippen LogP contribution in [-0.4, -0.2) is 23.3 Å². The number of nitrogens with two attached hydrogens (primary N) is 1. The summed E-state index contributed by atoms with van der Waals surface area (Å²) in [5.74, 6) is 0.324. The third-order valence-electron chi connectivity index (χ3n) is 2.25. The summed E-state index contributed by atoms with van der Waals surface area (Å²) in [6.07, 6.45) is 0.352. The van der Waals surface area contributed by atoms with Gasteiger partial charge in [0.2, 0.25) is 0 Å². The van der Waals surface area contributed by atoms with Gasteiger partial charge in [-0.15, -0.1) is 0 Å². The molecule has 0 aromatic carbocycles. The Hall–Kier alpha value is -0.770. The largest absolute Gasteiger partial charge is 0.444 e. The zero-order valence-electron chi connectivity index (χ0n) is 12.3. The summed E-state index contributed by atoms with van der Waals surface area (Å²) < 4.78 is 5.24. The predicted octanol–water partition coefficient (Wildman–Crippen LogP) is 2.66. The molecule has 0 aliphatic rings. The zero-order valence-corrected chi connectivity index (χ0v) is 12.3. The summed E-state index contributed by atoms with van der Waals surface area (Å²) in [7, 11) is 0. The molecule has 0 aliphatic carbocycles. The Morgan fingerprint density at radius 1 is 1.24 bits per heavy atom. The first-order valence-electron chi connectivity index (χ1n) is 6.19. The topological polar surface area (TPSA) is 64.3 Å². The first-order chi connectivity index (χ1) is 7.41. The van der Waals surface area contributed by atoms with Gasteiger partial charge in [0.25, 0.3) is 0 Å². The van der Waals surface area contributed by atoms with Gasteiger partial charge in [-0.3, -0.25) is 0 Å². The Labute approximate surface area is 105 Å². The fourth-order valence-electron chi connectivity index (χ4n) is 1.48. The standard InChI is InChI=1S/C13H28N2O2/c1-9(2)10(8-13(6,7)14)15-11(16)17-12(3,4)5/h9-10H,8,14H2,1-7H3,(H,15,16). The van der Waals surface area contributed by atoms with Crippen molar-refractivity contribution in [3.8, 4) is 0 Å². The van der Waals surface area contributed by atoms with Gasteiger partial charge in [0, 0.05) is 11.6 Å². The molecule has 0 aromatic heterocycles. The molecular formula is C13H28N2O2. The number of alkyl carbamates (subject to hydrolysis) is 1. The highest BCUT2D eigenvalue weighted by Gasteiger charge is 2.25. The second-order valence-corrected chi connectivity index (χ2v) is 6.69. The maximum Gasteiger partial charge on any atom is 0.407 e. The average molecular weight is 244 g/mol. The average Bonchev–Trinajstić information content (AvgIpc) is 1.95. The van der Waals surface area contributed by atoms with E-state index in [1.54, 1.807) is 0 Å². The Morgan fingerprint density at radius 3 is 2.00 bits per heavy atom. The van der Waals surface area contributed by atoms with Crippen LogP contribution in [0.1, 0.15) is 54.9 Å². The highest BCUT2D eigenvalue weighted by atomic mass is 16.6. The number of nitrogens with one attached hydrogen (secondary N) is 1. The van der Waals surface area contributed by atoms with Gasteiger partial charge >= 0.3 is 6.09 Å². The van der Waals surface area contributed by atoms with Crippen molar-refractivity contribution in [3.63, 3.8) is 0 Å². The highest BCUT2D eigenvalue weighted by molar-refractivity contribution is 5.68. The molecule has 0 rings (SSSR count). The monoisotopic (exact) mass is 244 g/mol. The van der Waals surface area contributed by atoms with Crippen molar-refractivity contribution < 1.29 is 9.53 Å². The molecular weight excluding hydrogens is 216 g/mol. The van der Waals surface area contributed by atoms with Crippen molar-refractivity contribution >= 4 is 6.09 Å². The molecule has 1 unspecified atom stereocenters. The molecule has 4 nitrogen and oxygen atoms in total. The number of rotatable bonds is 4. The molecule has 0 spiro atoms. The smallest absolute Gasteiger partial charge is 0.407 e. The third kappa shape index (κ3) is 8.98. The molecule has 0 saturated heterocycles. The Bertz CT molecular complexity index is 249. The minimum atomic E-state index is -0.468. The van der Waals surface area contributed by atoms with E-state index in [4.69, 9.17) is 10.5 Å². The third-order valence-corrected chi connectivity index (χ3v) is 2.25. The number of ether oxygens (including phenoxy) is 1. The first kappa shape index (κ1) is 16.2. The lowest BCUT2D eigenvalue weighted by atomic mass is 9.90. The van der Waals surface area contributed by atoms with Gasteiger partial charge in [0.05, 0.1) is 0 Å². The molecule has 0 radical (unpaired) electrons. The molecule has 0 aliphatic heterocycles. The quantitative estimate of drug-likeness (QED) is 0.799. The van der Waals surface area contributed by atoms with E-state index in [-0.39, 0.29) is 17.7 Å². The van der Waals surface area contributed by atoms with Crippen LogP contribution in [0.5, 0.6) is 0 Å². The summed E-state index contributed by atoms with van der Waals surface area (Å²) in [6, 6.07) is 0.0323. The Morgan fingerprint density at radius 2 is 1.71 bits per heavy atom. The normalized spacial score (nSPS) is 14.6. The van der Waals surface area contributed by atoms with Crippen molar-refractivity contribution in [3.05, 3.63) is 0 Å². The Kier molecular flexibility index (Phi) is 5.46. The predicted molar refractivity (Wildman–Crippen MR) is 70.9 cm³/mol. The number of carbonyl (C=O) groups excluding carboxylic acids is 1. The molecule has 0 bridgehead atoms. The highest BCUT2D eigenvalue weighted by Crippen LogP contribution is 2.15. The van der Waals surface area contributed by atoms with Crippen molar-refractivity contribution in [2.75, 3.05) is 0 Å². The van der Waals surface area contributed by atoms with Gasteiger partial charge in [0.15, 0.2) is 0 Å². The summed E-state index contributed by atoms with van der Waals surface area (Å²) in [6.45, 7) is 13.6. The molecule has 0 saturated carbocycles. The molecule has 1 amide bonds. The maximum absolute atomic E-state index is 11.7. The zero-order chi connectivity index (χ0) is 13.9. The SMILES string of the molecule is CC(C)C(CC(C)(C)N)NC(=O)OC(C)(C)C. The number of carbonyl (C=O) groups is 1. The van der Waals surface area contributed by atoms with Crippen LogP contribution in [0.4, 0.5) is 4.79 Å². The van der Waals surface area contributed by atoms with E-state index in [1.807, 2.05) is 34.6 Å². The van der Waals surface area contributed by atoms with Crippen LogP contribution in [0, 0.1) is 5.92 Å². The number of amides is 1. The van der Waals surface area contributed by atoms with Crippen LogP contribution in [-0.2, 0) is 4.74 Å². The number of hydrogen-bond acceptors (Lipinski definition) is 3. The van der Waals surface area contributed by atoms with Gasteiger partial charge in [-0.2, -0.15) is 0 Å². The molecule has 1 atom stereocenters. The van der Waals surface area contributed by atoms with Gasteiger partial charge in [-0.05, 0) is 47.0 Å². The summed E-state index contributed by atoms with van der Waals surface area (Å²) in [5, 5.41) is 2.89. The van der Waals surface area contributed by atoms with E-state index in [1.165, 1.54) is 0 Å². The fraction of sp³-hybridized carbons (Fsp3) is 0.923. The van der Waals surface area contributed by atoms with Crippen LogP contribution in [0.15, 0.2) is 0 Å². The summed E-state index contributed by atoms with van der Waals surface area (Å²) in [5.41, 5.74) is 5.21. The molecule has 3 N–H and O–H groups in total. The first-order valence-corrected chi connectivity index (χ1v) is 6.19. The van der Waals surface area contributed by atoms with Crippen LogP contribution < -0.4 is 11.1 Å². The lowest BCUT2D eigenvalue weighted by Crippen LogP contribution is -2.47. The minimum absolute atomic E-state index is 0.0323. The van der Waals surface area contributed by atoms with Gasteiger partial charge < -0.3 is 15.8 Å². The van der Waals surface area contributed by atoms with E-state index in [2.05, 4.69) is 19.2 Å².